The minimum atomic E-state index is -4.18. The molecule has 1 N–H and O–H groups in total. The van der Waals surface area contributed by atoms with Gasteiger partial charge in [0.1, 0.15) is 18.9 Å². The number of amides is 1. The number of rotatable bonds is 12. The lowest BCUT2D eigenvalue weighted by Gasteiger charge is -2.25. The predicted molar refractivity (Wildman–Crippen MR) is 171 cm³/mol. The van der Waals surface area contributed by atoms with Crippen molar-refractivity contribution in [1.82, 2.24) is 5.43 Å². The molecule has 0 spiro atoms. The first-order valence-electron chi connectivity index (χ1n) is 12.9. The van der Waals surface area contributed by atoms with E-state index in [4.69, 9.17) is 25.8 Å². The summed E-state index contributed by atoms with van der Waals surface area (Å²) in [5, 5.41) is 4.30. The molecule has 1 amide bonds. The lowest BCUT2D eigenvalue weighted by Crippen LogP contribution is -2.39. The molecule has 4 aromatic carbocycles. The second kappa shape index (κ2) is 14.4. The normalized spacial score (nSPS) is 11.3. The standard InChI is InChI=1S/C31H29BrClN3O6S/c1-21-9-11-22(12-10-21)20-42-31-26(32)15-23(16-29(31)41-3)18-34-35-30(37)19-36(27-17-24(33)13-14-28(27)40-2)43(38,39)25-7-5-4-6-8-25/h4-18H,19-20H2,1-3H3,(H,35,37)/b34-18-. The molecule has 0 saturated carbocycles. The highest BCUT2D eigenvalue weighted by Gasteiger charge is 2.29. The molecule has 4 aromatic rings. The molecule has 224 valence electrons. The van der Waals surface area contributed by atoms with Crippen molar-refractivity contribution >= 4 is 55.4 Å². The van der Waals surface area contributed by atoms with Crippen molar-refractivity contribution in [3.05, 3.63) is 111 Å². The Morgan fingerprint density at radius 2 is 1.67 bits per heavy atom. The highest BCUT2D eigenvalue weighted by Crippen LogP contribution is 2.37. The molecule has 0 unspecified atom stereocenters. The third-order valence-corrected chi connectivity index (χ3v) is 8.78. The molecular weight excluding hydrogens is 658 g/mol. The summed E-state index contributed by atoms with van der Waals surface area (Å²) >= 11 is 9.70. The van der Waals surface area contributed by atoms with E-state index in [9.17, 15) is 13.2 Å². The second-order valence-electron chi connectivity index (χ2n) is 9.24. The highest BCUT2D eigenvalue weighted by molar-refractivity contribution is 9.10. The lowest BCUT2D eigenvalue weighted by atomic mass is 10.2. The van der Waals surface area contributed by atoms with Crippen molar-refractivity contribution in [2.45, 2.75) is 18.4 Å². The van der Waals surface area contributed by atoms with Crippen molar-refractivity contribution in [2.24, 2.45) is 5.10 Å². The first kappa shape index (κ1) is 31.9. The van der Waals surface area contributed by atoms with Gasteiger partial charge < -0.3 is 14.2 Å². The van der Waals surface area contributed by atoms with Crippen LogP contribution in [0.15, 0.2) is 99.4 Å². The molecule has 0 saturated heterocycles. The third-order valence-electron chi connectivity index (χ3n) is 6.19. The zero-order chi connectivity index (χ0) is 31.0. The van der Waals surface area contributed by atoms with Gasteiger partial charge in [-0.2, -0.15) is 5.10 Å². The molecule has 0 aliphatic rings. The fourth-order valence-electron chi connectivity index (χ4n) is 4.02. The molecule has 0 aromatic heterocycles. The van der Waals surface area contributed by atoms with Gasteiger partial charge in [0.05, 0.1) is 35.5 Å². The minimum absolute atomic E-state index is 0.00466. The molecule has 12 heteroatoms. The molecule has 9 nitrogen and oxygen atoms in total. The molecule has 0 heterocycles. The van der Waals surface area contributed by atoms with Crippen LogP contribution in [-0.2, 0) is 21.4 Å². The predicted octanol–water partition coefficient (Wildman–Crippen LogP) is 6.35. The number of methoxy groups -OCH3 is 2. The van der Waals surface area contributed by atoms with Gasteiger partial charge in [0.25, 0.3) is 15.9 Å². The maximum atomic E-state index is 13.6. The van der Waals surface area contributed by atoms with Crippen LogP contribution in [0.4, 0.5) is 5.69 Å². The molecule has 0 atom stereocenters. The van der Waals surface area contributed by atoms with E-state index in [2.05, 4.69) is 26.5 Å². The van der Waals surface area contributed by atoms with Crippen LogP contribution in [0.2, 0.25) is 5.02 Å². The summed E-state index contributed by atoms with van der Waals surface area (Å²) in [6.07, 6.45) is 1.41. The minimum Gasteiger partial charge on any atom is -0.495 e. The van der Waals surface area contributed by atoms with Gasteiger partial charge in [0.2, 0.25) is 0 Å². The SMILES string of the molecule is COc1ccc(Cl)cc1N(CC(=O)N/N=C\c1cc(Br)c(OCc2ccc(C)cc2)c(OC)c1)S(=O)(=O)c1ccccc1. The van der Waals surface area contributed by atoms with E-state index in [1.165, 1.54) is 44.7 Å². The molecule has 0 aliphatic carbocycles. The molecule has 4 rings (SSSR count). The van der Waals surface area contributed by atoms with E-state index in [0.29, 0.717) is 28.1 Å². The van der Waals surface area contributed by atoms with Crippen LogP contribution >= 0.6 is 27.5 Å². The Labute approximate surface area is 264 Å². The lowest BCUT2D eigenvalue weighted by molar-refractivity contribution is -0.119. The Bertz CT molecular complexity index is 1720. The highest BCUT2D eigenvalue weighted by atomic mass is 79.9. The summed E-state index contributed by atoms with van der Waals surface area (Å²) in [6, 6.07) is 23.7. The van der Waals surface area contributed by atoms with Gasteiger partial charge in [-0.05, 0) is 76.4 Å². The number of nitrogens with zero attached hydrogens (tertiary/aromatic N) is 2. The van der Waals surface area contributed by atoms with Gasteiger partial charge in [-0.25, -0.2) is 13.8 Å². The van der Waals surface area contributed by atoms with Crippen molar-refractivity contribution < 1.29 is 27.4 Å². The van der Waals surface area contributed by atoms with E-state index in [0.717, 1.165) is 15.4 Å². The zero-order valence-electron chi connectivity index (χ0n) is 23.6. The number of hydrogen-bond donors (Lipinski definition) is 1. The summed E-state index contributed by atoms with van der Waals surface area (Å²) in [5.41, 5.74) is 5.26. The van der Waals surface area contributed by atoms with E-state index in [-0.39, 0.29) is 21.4 Å². The Kier molecular flexibility index (Phi) is 10.7. The molecule has 0 radical (unpaired) electrons. The molecule has 0 aliphatic heterocycles. The number of nitrogens with one attached hydrogen (secondary N) is 1. The largest absolute Gasteiger partial charge is 0.495 e. The van der Waals surface area contributed by atoms with Crippen LogP contribution in [-0.4, -0.2) is 41.3 Å². The quantitative estimate of drug-likeness (QED) is 0.138. The molecule has 0 bridgehead atoms. The zero-order valence-corrected chi connectivity index (χ0v) is 26.7. The number of anilines is 1. The van der Waals surface area contributed by atoms with Crippen LogP contribution in [0.5, 0.6) is 17.2 Å². The topological polar surface area (TPSA) is 107 Å². The van der Waals surface area contributed by atoms with Crippen molar-refractivity contribution in [1.29, 1.82) is 0 Å². The first-order chi connectivity index (χ1) is 20.6. The Morgan fingerprint density at radius 1 is 0.977 bits per heavy atom. The van der Waals surface area contributed by atoms with Gasteiger partial charge in [-0.1, -0.05) is 59.6 Å². The number of carbonyl (C=O) groups excluding carboxylic acids is 1. The van der Waals surface area contributed by atoms with E-state index < -0.39 is 22.5 Å². The number of carbonyl (C=O) groups is 1. The third kappa shape index (κ3) is 8.07. The fraction of sp³-hybridized carbons (Fsp3) is 0.161. The van der Waals surface area contributed by atoms with Crippen LogP contribution < -0.4 is 23.9 Å². The van der Waals surface area contributed by atoms with Crippen molar-refractivity contribution in [3.8, 4) is 17.2 Å². The summed E-state index contributed by atoms with van der Waals surface area (Å²) in [6.45, 7) is 1.77. The van der Waals surface area contributed by atoms with Gasteiger partial charge in [0, 0.05) is 5.02 Å². The van der Waals surface area contributed by atoms with E-state index in [1.807, 2.05) is 31.2 Å². The summed E-state index contributed by atoms with van der Waals surface area (Å²) in [7, 11) is -1.26. The summed E-state index contributed by atoms with van der Waals surface area (Å²) < 4.78 is 45.7. The molecule has 43 heavy (non-hydrogen) atoms. The fourth-order valence-corrected chi connectivity index (χ4v) is 6.20. The van der Waals surface area contributed by atoms with Gasteiger partial charge in [-0.15, -0.1) is 0 Å². The smallest absolute Gasteiger partial charge is 0.264 e. The summed E-state index contributed by atoms with van der Waals surface area (Å²) in [4.78, 5) is 13.0. The molecule has 0 fully saturated rings. The van der Waals surface area contributed by atoms with Crippen LogP contribution in [0.25, 0.3) is 0 Å². The van der Waals surface area contributed by atoms with E-state index >= 15 is 0 Å². The van der Waals surface area contributed by atoms with Crippen LogP contribution in [0.3, 0.4) is 0 Å². The first-order valence-corrected chi connectivity index (χ1v) is 15.5. The van der Waals surface area contributed by atoms with E-state index in [1.54, 1.807) is 36.4 Å². The molecular formula is C31H29BrClN3O6S. The average molecular weight is 687 g/mol. The number of benzene rings is 4. The summed E-state index contributed by atoms with van der Waals surface area (Å²) in [5.74, 6) is 0.507. The van der Waals surface area contributed by atoms with Crippen molar-refractivity contribution in [2.75, 3.05) is 25.1 Å². The number of aryl methyl sites for hydroxylation is 1. The van der Waals surface area contributed by atoms with Gasteiger partial charge >= 0.3 is 0 Å². The van der Waals surface area contributed by atoms with Crippen LogP contribution in [0, 0.1) is 6.92 Å². The Balaban J connectivity index is 1.52. The van der Waals surface area contributed by atoms with Gasteiger partial charge in [0.15, 0.2) is 11.5 Å². The number of sulfonamides is 1. The number of ether oxygens (including phenoxy) is 3. The second-order valence-corrected chi connectivity index (χ2v) is 12.4. The maximum absolute atomic E-state index is 13.6. The monoisotopic (exact) mass is 685 g/mol. The maximum Gasteiger partial charge on any atom is 0.264 e. The Hall–Kier alpha value is -4.06. The van der Waals surface area contributed by atoms with Gasteiger partial charge in [-0.3, -0.25) is 9.10 Å². The number of halogens is 2. The Morgan fingerprint density at radius 3 is 2.35 bits per heavy atom. The van der Waals surface area contributed by atoms with Crippen LogP contribution in [0.1, 0.15) is 16.7 Å². The van der Waals surface area contributed by atoms with Crippen molar-refractivity contribution in [3.63, 3.8) is 0 Å². The average Bonchev–Trinajstić information content (AvgIpc) is 3.00. The number of hydrazone groups is 1. The number of hydrogen-bond acceptors (Lipinski definition) is 7.